The van der Waals surface area contributed by atoms with Gasteiger partial charge in [0.15, 0.2) is 0 Å². The van der Waals surface area contributed by atoms with Crippen LogP contribution >= 0.6 is 0 Å². The Labute approximate surface area is 54.4 Å². The third-order valence-electron chi connectivity index (χ3n) is 1.34. The Hall–Kier alpha value is -0.570. The van der Waals surface area contributed by atoms with E-state index in [4.69, 9.17) is 4.74 Å². The van der Waals surface area contributed by atoms with Crippen LogP contribution < -0.4 is 5.32 Å². The molecule has 1 saturated heterocycles. The first-order valence-electron chi connectivity index (χ1n) is 3.14. The van der Waals surface area contributed by atoms with Crippen molar-refractivity contribution in [3.05, 3.63) is 0 Å². The third kappa shape index (κ3) is 2.01. The van der Waals surface area contributed by atoms with Crippen molar-refractivity contribution < 1.29 is 9.53 Å². The van der Waals surface area contributed by atoms with Gasteiger partial charge < -0.3 is 10.1 Å². The van der Waals surface area contributed by atoms with E-state index in [1.165, 1.54) is 6.92 Å². The lowest BCUT2D eigenvalue weighted by Gasteiger charge is -2.06. The number of amides is 1. The Morgan fingerprint density at radius 3 is 3.00 bits per heavy atom. The standard InChI is InChI=1S/C6H11NO2/c1-5(8)7-6-2-3-9-4-6/h6H,2-4H2,1H3,(H,7,8). The highest BCUT2D eigenvalue weighted by Crippen LogP contribution is 2.02. The molecule has 0 spiro atoms. The molecule has 9 heavy (non-hydrogen) atoms. The minimum absolute atomic E-state index is 0.0329. The molecule has 0 aliphatic carbocycles. The zero-order chi connectivity index (χ0) is 6.69. The van der Waals surface area contributed by atoms with Crippen molar-refractivity contribution in [2.24, 2.45) is 0 Å². The fourth-order valence-electron chi connectivity index (χ4n) is 0.936. The first-order chi connectivity index (χ1) is 4.29. The van der Waals surface area contributed by atoms with Gasteiger partial charge in [0, 0.05) is 13.5 Å². The van der Waals surface area contributed by atoms with E-state index < -0.39 is 0 Å². The molecule has 1 unspecified atom stereocenters. The Morgan fingerprint density at radius 1 is 1.78 bits per heavy atom. The molecule has 0 saturated carbocycles. The van der Waals surface area contributed by atoms with Crippen LogP contribution in [-0.2, 0) is 9.53 Å². The summed E-state index contributed by atoms with van der Waals surface area (Å²) in [6, 6.07) is 0.266. The number of hydrogen-bond acceptors (Lipinski definition) is 2. The van der Waals surface area contributed by atoms with Crippen molar-refractivity contribution in [3.8, 4) is 0 Å². The third-order valence-corrected chi connectivity index (χ3v) is 1.34. The molecule has 0 aromatic rings. The number of carbonyl (C=O) groups excluding carboxylic acids is 1. The van der Waals surface area contributed by atoms with Crippen LogP contribution in [0.5, 0.6) is 0 Å². The molecule has 52 valence electrons. The van der Waals surface area contributed by atoms with Crippen LogP contribution in [0.25, 0.3) is 0 Å². The van der Waals surface area contributed by atoms with Crippen molar-refractivity contribution in [2.75, 3.05) is 13.2 Å². The minimum atomic E-state index is 0.0329. The van der Waals surface area contributed by atoms with Gasteiger partial charge in [-0.1, -0.05) is 0 Å². The molecule has 1 aliphatic heterocycles. The average Bonchev–Trinajstić information content (AvgIpc) is 2.15. The van der Waals surface area contributed by atoms with Crippen molar-refractivity contribution in [1.29, 1.82) is 0 Å². The van der Waals surface area contributed by atoms with Gasteiger partial charge in [0.25, 0.3) is 0 Å². The number of nitrogens with one attached hydrogen (secondary N) is 1. The summed E-state index contributed by atoms with van der Waals surface area (Å²) in [6.07, 6.45) is 0.958. The highest BCUT2D eigenvalue weighted by Gasteiger charge is 2.15. The summed E-state index contributed by atoms with van der Waals surface area (Å²) in [5.74, 6) is 0.0329. The van der Waals surface area contributed by atoms with Crippen molar-refractivity contribution in [1.82, 2.24) is 5.32 Å². The Balaban J connectivity index is 2.19. The smallest absolute Gasteiger partial charge is 0.217 e. The zero-order valence-corrected chi connectivity index (χ0v) is 5.52. The first kappa shape index (κ1) is 6.55. The molecule has 1 amide bonds. The van der Waals surface area contributed by atoms with Gasteiger partial charge in [0.2, 0.25) is 5.91 Å². The quantitative estimate of drug-likeness (QED) is 0.537. The fraction of sp³-hybridized carbons (Fsp3) is 0.833. The Bertz CT molecular complexity index is 108. The van der Waals surface area contributed by atoms with Gasteiger partial charge in [-0.25, -0.2) is 0 Å². The zero-order valence-electron chi connectivity index (χ0n) is 5.52. The maximum Gasteiger partial charge on any atom is 0.217 e. The lowest BCUT2D eigenvalue weighted by Crippen LogP contribution is -2.32. The topological polar surface area (TPSA) is 38.3 Å². The largest absolute Gasteiger partial charge is 0.379 e. The number of rotatable bonds is 1. The molecule has 3 heteroatoms. The van der Waals surface area contributed by atoms with Gasteiger partial charge in [0.1, 0.15) is 0 Å². The van der Waals surface area contributed by atoms with Crippen LogP contribution in [0.3, 0.4) is 0 Å². The van der Waals surface area contributed by atoms with Gasteiger partial charge in [-0.05, 0) is 6.42 Å². The molecule has 1 aliphatic rings. The van der Waals surface area contributed by atoms with E-state index in [1.54, 1.807) is 0 Å². The maximum atomic E-state index is 10.4. The average molecular weight is 129 g/mol. The normalized spacial score (nSPS) is 26.1. The second-order valence-electron chi connectivity index (χ2n) is 2.26. The van der Waals surface area contributed by atoms with Gasteiger partial charge >= 0.3 is 0 Å². The lowest BCUT2D eigenvalue weighted by atomic mass is 10.3. The van der Waals surface area contributed by atoms with E-state index >= 15 is 0 Å². The van der Waals surface area contributed by atoms with Gasteiger partial charge in [-0.15, -0.1) is 0 Å². The molecule has 0 aromatic carbocycles. The summed E-state index contributed by atoms with van der Waals surface area (Å²) in [7, 11) is 0. The molecule has 1 atom stereocenters. The molecule has 1 fully saturated rings. The molecule has 1 N–H and O–H groups in total. The van der Waals surface area contributed by atoms with E-state index in [0.717, 1.165) is 13.0 Å². The van der Waals surface area contributed by atoms with Gasteiger partial charge in [0.05, 0.1) is 12.6 Å². The van der Waals surface area contributed by atoms with Crippen LogP contribution in [-0.4, -0.2) is 25.2 Å². The highest BCUT2D eigenvalue weighted by atomic mass is 16.5. The summed E-state index contributed by atoms with van der Waals surface area (Å²) in [4.78, 5) is 10.4. The number of carbonyl (C=O) groups is 1. The molecular formula is C6H11NO2. The molecule has 0 bridgehead atoms. The number of ether oxygens (including phenoxy) is 1. The monoisotopic (exact) mass is 129 g/mol. The molecule has 3 nitrogen and oxygen atoms in total. The summed E-state index contributed by atoms with van der Waals surface area (Å²) in [5.41, 5.74) is 0. The predicted molar refractivity (Wildman–Crippen MR) is 33.0 cm³/mol. The van der Waals surface area contributed by atoms with Gasteiger partial charge in [-0.2, -0.15) is 0 Å². The maximum absolute atomic E-state index is 10.4. The summed E-state index contributed by atoms with van der Waals surface area (Å²) in [5, 5.41) is 2.78. The Kier molecular flexibility index (Phi) is 2.05. The summed E-state index contributed by atoms with van der Waals surface area (Å²) in [6.45, 7) is 2.99. The van der Waals surface area contributed by atoms with Crippen LogP contribution in [0.2, 0.25) is 0 Å². The minimum Gasteiger partial charge on any atom is -0.379 e. The molecule has 0 radical (unpaired) electrons. The van der Waals surface area contributed by atoms with E-state index in [9.17, 15) is 4.79 Å². The van der Waals surface area contributed by atoms with Gasteiger partial charge in [-0.3, -0.25) is 4.79 Å². The van der Waals surface area contributed by atoms with Crippen LogP contribution in [0.4, 0.5) is 0 Å². The first-order valence-corrected chi connectivity index (χ1v) is 3.14. The van der Waals surface area contributed by atoms with Crippen LogP contribution in [0.1, 0.15) is 13.3 Å². The summed E-state index contributed by atoms with van der Waals surface area (Å²) >= 11 is 0. The van der Waals surface area contributed by atoms with Crippen molar-refractivity contribution >= 4 is 5.91 Å². The SMILES string of the molecule is CC(=O)NC1CCOC1. The predicted octanol–water partition coefficient (Wildman–Crippen LogP) is -0.0886. The molecule has 0 aromatic heterocycles. The number of hydrogen-bond donors (Lipinski definition) is 1. The molecule has 1 rings (SSSR count). The fourth-order valence-corrected chi connectivity index (χ4v) is 0.936. The highest BCUT2D eigenvalue weighted by molar-refractivity contribution is 5.73. The van der Waals surface area contributed by atoms with Crippen molar-refractivity contribution in [2.45, 2.75) is 19.4 Å². The Morgan fingerprint density at radius 2 is 2.56 bits per heavy atom. The summed E-state index contributed by atoms with van der Waals surface area (Å²) < 4.78 is 5.04. The molecular weight excluding hydrogens is 118 g/mol. The van der Waals surface area contributed by atoms with Crippen LogP contribution in [0.15, 0.2) is 0 Å². The van der Waals surface area contributed by atoms with E-state index in [-0.39, 0.29) is 11.9 Å². The molecule has 1 heterocycles. The lowest BCUT2D eigenvalue weighted by molar-refractivity contribution is -0.119. The second-order valence-corrected chi connectivity index (χ2v) is 2.26. The van der Waals surface area contributed by atoms with E-state index in [2.05, 4.69) is 5.32 Å². The van der Waals surface area contributed by atoms with E-state index in [1.807, 2.05) is 0 Å². The van der Waals surface area contributed by atoms with E-state index in [0.29, 0.717) is 6.61 Å². The van der Waals surface area contributed by atoms with Crippen LogP contribution in [0, 0.1) is 0 Å². The van der Waals surface area contributed by atoms with Crippen molar-refractivity contribution in [3.63, 3.8) is 0 Å². The second kappa shape index (κ2) is 2.82.